The highest BCUT2D eigenvalue weighted by atomic mass is 16.2. The smallest absolute Gasteiger partial charge is 0.253 e. The first-order valence-corrected chi connectivity index (χ1v) is 9.47. The summed E-state index contributed by atoms with van der Waals surface area (Å²) in [7, 11) is 0. The van der Waals surface area contributed by atoms with E-state index in [1.807, 2.05) is 29.2 Å². The van der Waals surface area contributed by atoms with E-state index in [-0.39, 0.29) is 5.91 Å². The van der Waals surface area contributed by atoms with Crippen LogP contribution in [0.15, 0.2) is 61.1 Å². The Labute approximate surface area is 159 Å². The minimum absolute atomic E-state index is 0.0970. The van der Waals surface area contributed by atoms with Crippen LogP contribution in [0.5, 0.6) is 0 Å². The number of para-hydroxylation sites is 1. The Balaban J connectivity index is 1.45. The first kappa shape index (κ1) is 17.3. The minimum atomic E-state index is 0.0970. The summed E-state index contributed by atoms with van der Waals surface area (Å²) in [6, 6.07) is 16.3. The van der Waals surface area contributed by atoms with Gasteiger partial charge in [-0.3, -0.25) is 4.79 Å². The number of rotatable bonds is 4. The Morgan fingerprint density at radius 1 is 1.07 bits per heavy atom. The topological polar surface area (TPSA) is 52.2 Å². The van der Waals surface area contributed by atoms with E-state index < -0.39 is 0 Å². The van der Waals surface area contributed by atoms with Crippen molar-refractivity contribution in [1.29, 1.82) is 0 Å². The molecule has 3 aromatic rings. The molecular weight excluding hydrogens is 336 g/mol. The molecule has 27 heavy (non-hydrogen) atoms. The summed E-state index contributed by atoms with van der Waals surface area (Å²) in [5, 5.41) is 0. The number of hydrogen-bond donors (Lipinski definition) is 1. The van der Waals surface area contributed by atoms with Crippen molar-refractivity contribution in [2.24, 2.45) is 0 Å². The normalized spacial score (nSPS) is 14.4. The molecule has 0 atom stereocenters. The van der Waals surface area contributed by atoms with Crippen molar-refractivity contribution in [3.63, 3.8) is 0 Å². The second kappa shape index (κ2) is 7.66. The fourth-order valence-corrected chi connectivity index (χ4v) is 3.68. The van der Waals surface area contributed by atoms with Crippen LogP contribution in [0.2, 0.25) is 0 Å². The number of nitrogens with zero attached hydrogens (tertiary/aromatic N) is 3. The van der Waals surface area contributed by atoms with Crippen LogP contribution in [0.4, 0.5) is 5.69 Å². The van der Waals surface area contributed by atoms with Crippen LogP contribution in [-0.4, -0.2) is 47.0 Å². The molecule has 0 radical (unpaired) electrons. The van der Waals surface area contributed by atoms with E-state index >= 15 is 0 Å². The largest absolute Gasteiger partial charge is 0.368 e. The maximum absolute atomic E-state index is 13.0. The number of piperazine rings is 1. The number of benzene rings is 2. The van der Waals surface area contributed by atoms with Crippen LogP contribution in [0, 0.1) is 0 Å². The number of aromatic nitrogens is 2. The van der Waals surface area contributed by atoms with Gasteiger partial charge in [0.15, 0.2) is 0 Å². The average molecular weight is 360 g/mol. The number of amides is 1. The lowest BCUT2D eigenvalue weighted by molar-refractivity contribution is 0.0747. The van der Waals surface area contributed by atoms with E-state index in [4.69, 9.17) is 0 Å². The van der Waals surface area contributed by atoms with Gasteiger partial charge < -0.3 is 14.8 Å². The van der Waals surface area contributed by atoms with Gasteiger partial charge >= 0.3 is 0 Å². The Morgan fingerprint density at radius 3 is 2.63 bits per heavy atom. The highest BCUT2D eigenvalue weighted by Crippen LogP contribution is 2.23. The number of aromatic amines is 1. The van der Waals surface area contributed by atoms with Crippen LogP contribution in [-0.2, 0) is 6.42 Å². The Kier molecular flexibility index (Phi) is 4.92. The minimum Gasteiger partial charge on any atom is -0.368 e. The lowest BCUT2D eigenvalue weighted by atomic mass is 10.1. The van der Waals surface area contributed by atoms with Crippen LogP contribution in [0.1, 0.15) is 22.8 Å². The second-order valence-electron chi connectivity index (χ2n) is 6.81. The first-order chi connectivity index (χ1) is 13.3. The molecule has 1 aliphatic rings. The molecule has 1 aliphatic heterocycles. The number of carbonyl (C=O) groups excluding carboxylic acids is 1. The summed E-state index contributed by atoms with van der Waals surface area (Å²) in [4.78, 5) is 24.5. The summed E-state index contributed by atoms with van der Waals surface area (Å²) in [6.45, 7) is 5.40. The fourth-order valence-electron chi connectivity index (χ4n) is 3.68. The molecule has 5 nitrogen and oxygen atoms in total. The number of carbonyl (C=O) groups is 1. The Hall–Kier alpha value is -3.08. The van der Waals surface area contributed by atoms with Gasteiger partial charge in [-0.25, -0.2) is 4.98 Å². The molecular formula is C22H24N4O. The van der Waals surface area contributed by atoms with E-state index in [0.717, 1.165) is 49.4 Å². The van der Waals surface area contributed by atoms with Gasteiger partial charge in [0.05, 0.1) is 18.2 Å². The highest BCUT2D eigenvalue weighted by molar-refractivity contribution is 5.95. The Bertz CT molecular complexity index is 912. The molecule has 1 amide bonds. The summed E-state index contributed by atoms with van der Waals surface area (Å²) >= 11 is 0. The molecule has 0 spiro atoms. The van der Waals surface area contributed by atoms with Gasteiger partial charge in [0.1, 0.15) is 0 Å². The molecule has 0 aliphatic carbocycles. The molecule has 2 aromatic carbocycles. The van der Waals surface area contributed by atoms with Crippen molar-refractivity contribution in [2.45, 2.75) is 13.3 Å². The van der Waals surface area contributed by atoms with E-state index in [1.54, 1.807) is 12.5 Å². The maximum Gasteiger partial charge on any atom is 0.253 e. The fraction of sp³-hybridized carbons (Fsp3) is 0.273. The van der Waals surface area contributed by atoms with Crippen molar-refractivity contribution in [3.05, 3.63) is 72.2 Å². The number of imidazole rings is 1. The number of nitrogens with one attached hydrogen (secondary N) is 1. The van der Waals surface area contributed by atoms with Gasteiger partial charge in [0.2, 0.25) is 0 Å². The second-order valence-corrected chi connectivity index (χ2v) is 6.81. The zero-order valence-corrected chi connectivity index (χ0v) is 15.6. The van der Waals surface area contributed by atoms with Crippen LogP contribution in [0.3, 0.4) is 0 Å². The monoisotopic (exact) mass is 360 g/mol. The summed E-state index contributed by atoms with van der Waals surface area (Å²) in [6.07, 6.45) is 4.44. The molecule has 1 N–H and O–H groups in total. The quantitative estimate of drug-likeness (QED) is 0.773. The SMILES string of the molecule is CCc1ccccc1N1CCN(C(=O)c2cccc(-c3cnc[nH]3)c2)CC1. The number of H-pyrrole nitrogens is 1. The first-order valence-electron chi connectivity index (χ1n) is 9.47. The van der Waals surface area contributed by atoms with Crippen LogP contribution in [0.25, 0.3) is 11.3 Å². The predicted molar refractivity (Wildman–Crippen MR) is 108 cm³/mol. The third-order valence-electron chi connectivity index (χ3n) is 5.20. The van der Waals surface area contributed by atoms with Crippen LogP contribution >= 0.6 is 0 Å². The molecule has 138 valence electrons. The highest BCUT2D eigenvalue weighted by Gasteiger charge is 2.23. The average Bonchev–Trinajstić information content (AvgIpc) is 3.28. The molecule has 0 unspecified atom stereocenters. The zero-order chi connectivity index (χ0) is 18.6. The van der Waals surface area contributed by atoms with Gasteiger partial charge in [-0.05, 0) is 30.2 Å². The molecule has 1 fully saturated rings. The third-order valence-corrected chi connectivity index (χ3v) is 5.20. The summed E-state index contributed by atoms with van der Waals surface area (Å²) in [5.74, 6) is 0.0970. The van der Waals surface area contributed by atoms with E-state index in [1.165, 1.54) is 11.3 Å². The molecule has 0 bridgehead atoms. The van der Waals surface area contributed by atoms with Crippen LogP contribution < -0.4 is 4.90 Å². The van der Waals surface area contributed by atoms with Gasteiger partial charge in [0, 0.05) is 43.0 Å². The summed E-state index contributed by atoms with van der Waals surface area (Å²) in [5.41, 5.74) is 5.29. The van der Waals surface area contributed by atoms with Gasteiger partial charge in [-0.2, -0.15) is 0 Å². The molecule has 4 rings (SSSR count). The van der Waals surface area contributed by atoms with Gasteiger partial charge in [-0.15, -0.1) is 0 Å². The van der Waals surface area contributed by atoms with Crippen molar-refractivity contribution in [2.75, 3.05) is 31.1 Å². The molecule has 1 aromatic heterocycles. The molecule has 2 heterocycles. The van der Waals surface area contributed by atoms with E-state index in [0.29, 0.717) is 0 Å². The van der Waals surface area contributed by atoms with Crippen molar-refractivity contribution < 1.29 is 4.79 Å². The van der Waals surface area contributed by atoms with E-state index in [2.05, 4.69) is 46.1 Å². The summed E-state index contributed by atoms with van der Waals surface area (Å²) < 4.78 is 0. The van der Waals surface area contributed by atoms with Crippen molar-refractivity contribution in [1.82, 2.24) is 14.9 Å². The third kappa shape index (κ3) is 3.58. The molecule has 1 saturated heterocycles. The lowest BCUT2D eigenvalue weighted by Gasteiger charge is -2.37. The predicted octanol–water partition coefficient (Wildman–Crippen LogP) is 3.60. The van der Waals surface area contributed by atoms with E-state index in [9.17, 15) is 4.79 Å². The lowest BCUT2D eigenvalue weighted by Crippen LogP contribution is -2.49. The van der Waals surface area contributed by atoms with Crippen molar-refractivity contribution >= 4 is 11.6 Å². The standard InChI is InChI=1S/C22H24N4O/c1-2-17-6-3-4-9-21(17)25-10-12-26(13-11-25)22(27)19-8-5-7-18(14-19)20-15-23-16-24-20/h3-9,14-16H,2,10-13H2,1H3,(H,23,24). The molecule has 0 saturated carbocycles. The Morgan fingerprint density at radius 2 is 1.89 bits per heavy atom. The van der Waals surface area contributed by atoms with Gasteiger partial charge in [-0.1, -0.05) is 37.3 Å². The zero-order valence-electron chi connectivity index (χ0n) is 15.6. The van der Waals surface area contributed by atoms with Crippen molar-refractivity contribution in [3.8, 4) is 11.3 Å². The maximum atomic E-state index is 13.0. The number of hydrogen-bond acceptors (Lipinski definition) is 3. The number of anilines is 1. The molecule has 5 heteroatoms. The van der Waals surface area contributed by atoms with Gasteiger partial charge in [0.25, 0.3) is 5.91 Å². The number of aryl methyl sites for hydroxylation is 1.